The summed E-state index contributed by atoms with van der Waals surface area (Å²) in [7, 11) is 0. The second-order valence-electron chi connectivity index (χ2n) is 3.06. The van der Waals surface area contributed by atoms with Crippen molar-refractivity contribution in [1.82, 2.24) is 0 Å². The van der Waals surface area contributed by atoms with E-state index in [9.17, 15) is 9.59 Å². The summed E-state index contributed by atoms with van der Waals surface area (Å²) in [5.41, 5.74) is 0.942. The topological polar surface area (TPSA) is 34.1 Å². The zero-order chi connectivity index (χ0) is 11.1. The first-order valence-corrected chi connectivity index (χ1v) is 4.63. The van der Waals surface area contributed by atoms with Crippen molar-refractivity contribution >= 4 is 17.6 Å². The predicted octanol–water partition coefficient (Wildman–Crippen LogP) is 2.41. The Bertz CT molecular complexity index is 388. The van der Waals surface area contributed by atoms with Crippen LogP contribution in [0.25, 0.3) is 6.08 Å². The van der Waals surface area contributed by atoms with Crippen LogP contribution < -0.4 is 0 Å². The lowest BCUT2D eigenvalue weighted by atomic mass is 10.1. The lowest BCUT2D eigenvalue weighted by molar-refractivity contribution is -0.121. The molecule has 0 heterocycles. The molecule has 0 aliphatic rings. The van der Waals surface area contributed by atoms with Gasteiger partial charge in [-0.3, -0.25) is 9.59 Å². The summed E-state index contributed by atoms with van der Waals surface area (Å²) in [6.07, 6.45) is 4.16. The minimum Gasteiger partial charge on any atom is -0.294 e. The van der Waals surface area contributed by atoms with Gasteiger partial charge in [-0.15, -0.1) is 0 Å². The summed E-state index contributed by atoms with van der Waals surface area (Å²) < 4.78 is 0. The van der Waals surface area contributed by atoms with Gasteiger partial charge in [-0.05, 0) is 17.7 Å². The number of carbonyl (C=O) groups excluding carboxylic acids is 2. The number of hydrogen-bond donors (Lipinski definition) is 0. The van der Waals surface area contributed by atoms with Crippen LogP contribution in [0.5, 0.6) is 0 Å². The fourth-order valence-corrected chi connectivity index (χ4v) is 1.06. The van der Waals surface area contributed by atoms with Gasteiger partial charge in [-0.25, -0.2) is 0 Å². The van der Waals surface area contributed by atoms with Crippen LogP contribution in [0.15, 0.2) is 49.1 Å². The summed E-state index contributed by atoms with van der Waals surface area (Å²) in [5.74, 6) is -0.457. The Labute approximate surface area is 88.9 Å². The van der Waals surface area contributed by atoms with Crippen LogP contribution in [0.2, 0.25) is 0 Å². The molecule has 0 amide bonds. The van der Waals surface area contributed by atoms with E-state index in [1.807, 2.05) is 30.3 Å². The molecule has 0 radical (unpaired) electrons. The van der Waals surface area contributed by atoms with Gasteiger partial charge in [-0.1, -0.05) is 43.0 Å². The molecule has 0 aliphatic carbocycles. The van der Waals surface area contributed by atoms with Crippen LogP contribution in [-0.4, -0.2) is 11.6 Å². The van der Waals surface area contributed by atoms with Crippen molar-refractivity contribution in [2.45, 2.75) is 6.42 Å². The van der Waals surface area contributed by atoms with E-state index in [-0.39, 0.29) is 18.0 Å². The normalized spacial score (nSPS) is 10.1. The maximum atomic E-state index is 11.2. The van der Waals surface area contributed by atoms with Crippen molar-refractivity contribution in [3.63, 3.8) is 0 Å². The zero-order valence-electron chi connectivity index (χ0n) is 8.35. The monoisotopic (exact) mass is 200 g/mol. The van der Waals surface area contributed by atoms with E-state index in [1.165, 1.54) is 6.08 Å². The minimum absolute atomic E-state index is 0.104. The first-order valence-electron chi connectivity index (χ1n) is 4.63. The molecule has 15 heavy (non-hydrogen) atoms. The molecule has 0 aromatic heterocycles. The van der Waals surface area contributed by atoms with E-state index in [1.54, 1.807) is 6.08 Å². The number of allylic oxidation sites excluding steroid dienone is 2. The molecule has 0 saturated heterocycles. The smallest absolute Gasteiger partial charge is 0.163 e. The Morgan fingerprint density at radius 1 is 1.13 bits per heavy atom. The summed E-state index contributed by atoms with van der Waals surface area (Å²) in [6, 6.07) is 9.46. The molecule has 0 saturated carbocycles. The Hall–Kier alpha value is -1.96. The molecule has 1 aromatic rings. The van der Waals surface area contributed by atoms with Gasteiger partial charge in [0, 0.05) is 0 Å². The maximum Gasteiger partial charge on any atom is 0.163 e. The fraction of sp³-hybridized carbons (Fsp3) is 0.0769. The molecule has 0 N–H and O–H groups in total. The highest BCUT2D eigenvalue weighted by atomic mass is 16.1. The summed E-state index contributed by atoms with van der Waals surface area (Å²) in [6.45, 7) is 3.31. The molecule has 0 atom stereocenters. The highest BCUT2D eigenvalue weighted by Gasteiger charge is 2.01. The van der Waals surface area contributed by atoms with Crippen LogP contribution in [0, 0.1) is 0 Å². The minimum atomic E-state index is -0.252. The molecule has 2 heteroatoms. The quantitative estimate of drug-likeness (QED) is 0.540. The zero-order valence-corrected chi connectivity index (χ0v) is 8.35. The number of rotatable bonds is 5. The van der Waals surface area contributed by atoms with Gasteiger partial charge in [0.2, 0.25) is 0 Å². The molecule has 1 aromatic carbocycles. The van der Waals surface area contributed by atoms with Gasteiger partial charge in [0.05, 0.1) is 6.42 Å². The second kappa shape index (κ2) is 5.70. The average Bonchev–Trinajstić information content (AvgIpc) is 2.27. The number of carbonyl (C=O) groups is 2. The van der Waals surface area contributed by atoms with E-state index < -0.39 is 0 Å². The first kappa shape index (κ1) is 11.1. The average molecular weight is 200 g/mol. The highest BCUT2D eigenvalue weighted by molar-refractivity contribution is 6.09. The van der Waals surface area contributed by atoms with Crippen LogP contribution in [0.3, 0.4) is 0 Å². The van der Waals surface area contributed by atoms with Crippen molar-refractivity contribution in [3.05, 3.63) is 54.6 Å². The van der Waals surface area contributed by atoms with Crippen LogP contribution in [-0.2, 0) is 9.59 Å². The highest BCUT2D eigenvalue weighted by Crippen LogP contribution is 2.01. The van der Waals surface area contributed by atoms with Crippen molar-refractivity contribution in [3.8, 4) is 0 Å². The molecule has 0 fully saturated rings. The Morgan fingerprint density at radius 2 is 1.80 bits per heavy atom. The maximum absolute atomic E-state index is 11.2. The summed E-state index contributed by atoms with van der Waals surface area (Å²) >= 11 is 0. The van der Waals surface area contributed by atoms with Crippen molar-refractivity contribution in [2.24, 2.45) is 0 Å². The van der Waals surface area contributed by atoms with Gasteiger partial charge in [-0.2, -0.15) is 0 Å². The first-order chi connectivity index (χ1) is 7.22. The van der Waals surface area contributed by atoms with E-state index in [0.717, 1.165) is 11.6 Å². The molecule has 2 nitrogen and oxygen atoms in total. The molecule has 0 spiro atoms. The third kappa shape index (κ3) is 4.18. The lowest BCUT2D eigenvalue weighted by Crippen LogP contribution is -2.01. The third-order valence-corrected chi connectivity index (χ3v) is 1.84. The fourth-order valence-electron chi connectivity index (χ4n) is 1.06. The van der Waals surface area contributed by atoms with Crippen molar-refractivity contribution < 1.29 is 9.59 Å². The standard InChI is InChI=1S/C13H12O2/c1-2-12(14)10-13(15)9-8-11-6-4-3-5-7-11/h2-9H,1,10H2. The predicted molar refractivity (Wildman–Crippen MR) is 60.3 cm³/mol. The van der Waals surface area contributed by atoms with E-state index in [2.05, 4.69) is 6.58 Å². The molecular weight excluding hydrogens is 188 g/mol. The van der Waals surface area contributed by atoms with Crippen LogP contribution >= 0.6 is 0 Å². The molecule has 0 unspecified atom stereocenters. The molecule has 0 aliphatic heterocycles. The SMILES string of the molecule is C=CC(=O)CC(=O)C=Cc1ccccc1. The Balaban J connectivity index is 2.55. The molecule has 76 valence electrons. The molecular formula is C13H12O2. The lowest BCUT2D eigenvalue weighted by Gasteiger charge is -1.91. The van der Waals surface area contributed by atoms with Gasteiger partial charge in [0.1, 0.15) is 0 Å². The Kier molecular flexibility index (Phi) is 4.23. The third-order valence-electron chi connectivity index (χ3n) is 1.84. The van der Waals surface area contributed by atoms with Gasteiger partial charge in [0.25, 0.3) is 0 Å². The largest absolute Gasteiger partial charge is 0.294 e. The van der Waals surface area contributed by atoms with Crippen LogP contribution in [0.4, 0.5) is 0 Å². The summed E-state index contributed by atoms with van der Waals surface area (Å²) in [4.78, 5) is 22.1. The van der Waals surface area contributed by atoms with Gasteiger partial charge in [0.15, 0.2) is 11.6 Å². The number of ketones is 2. The van der Waals surface area contributed by atoms with E-state index in [4.69, 9.17) is 0 Å². The van der Waals surface area contributed by atoms with Crippen molar-refractivity contribution in [1.29, 1.82) is 0 Å². The Morgan fingerprint density at radius 3 is 2.40 bits per heavy atom. The van der Waals surface area contributed by atoms with Crippen LogP contribution in [0.1, 0.15) is 12.0 Å². The second-order valence-corrected chi connectivity index (χ2v) is 3.06. The molecule has 1 rings (SSSR count). The van der Waals surface area contributed by atoms with Crippen molar-refractivity contribution in [2.75, 3.05) is 0 Å². The van der Waals surface area contributed by atoms with E-state index >= 15 is 0 Å². The van der Waals surface area contributed by atoms with E-state index in [0.29, 0.717) is 0 Å². The van der Waals surface area contributed by atoms with Gasteiger partial charge < -0.3 is 0 Å². The molecule has 0 bridgehead atoms. The summed E-state index contributed by atoms with van der Waals surface area (Å²) in [5, 5.41) is 0. The number of benzene rings is 1. The van der Waals surface area contributed by atoms with Gasteiger partial charge >= 0.3 is 0 Å². The number of hydrogen-bond acceptors (Lipinski definition) is 2.